The fraction of sp³-hybridized carbons (Fsp3) is 0.208. The molecule has 38 heavy (non-hydrogen) atoms. The molecule has 0 aliphatic carbocycles. The van der Waals surface area contributed by atoms with E-state index in [0.717, 1.165) is 30.3 Å². The van der Waals surface area contributed by atoms with Gasteiger partial charge in [0.2, 0.25) is 0 Å². The summed E-state index contributed by atoms with van der Waals surface area (Å²) in [6.07, 6.45) is -9.65. The third-order valence-corrected chi connectivity index (χ3v) is 5.89. The highest BCUT2D eigenvalue weighted by Gasteiger charge is 2.62. The molecule has 6 nitrogen and oxygen atoms in total. The number of nitrogens with zero attached hydrogens (tertiary/aromatic N) is 2. The molecular formula is C24H15Cl2F6N3O3. The summed E-state index contributed by atoms with van der Waals surface area (Å²) < 4.78 is 86.1. The maximum absolute atomic E-state index is 14.2. The van der Waals surface area contributed by atoms with Crippen molar-refractivity contribution in [1.82, 2.24) is 10.3 Å². The highest BCUT2D eigenvalue weighted by molar-refractivity contribution is 6.34. The smallest absolute Gasteiger partial charge is 0.405 e. The van der Waals surface area contributed by atoms with Crippen molar-refractivity contribution >= 4 is 34.8 Å². The molecule has 1 aliphatic rings. The number of ether oxygens (including phenoxy) is 1. The van der Waals surface area contributed by atoms with Crippen molar-refractivity contribution in [3.8, 4) is 5.75 Å². The number of carbonyl (C=O) groups is 1. The first-order chi connectivity index (χ1) is 17.8. The van der Waals surface area contributed by atoms with Gasteiger partial charge in [-0.25, -0.2) is 0 Å². The van der Waals surface area contributed by atoms with Gasteiger partial charge in [0.25, 0.3) is 11.5 Å². The molecule has 0 radical (unpaired) electrons. The minimum atomic E-state index is -5.20. The molecule has 14 heteroatoms. The zero-order chi connectivity index (χ0) is 27.7. The summed E-state index contributed by atoms with van der Waals surface area (Å²) in [4.78, 5) is 21.5. The van der Waals surface area contributed by atoms with Crippen molar-refractivity contribution < 1.29 is 40.7 Å². The minimum Gasteiger partial charge on any atom is -0.405 e. The van der Waals surface area contributed by atoms with E-state index in [4.69, 9.17) is 28.0 Å². The molecule has 0 saturated heterocycles. The van der Waals surface area contributed by atoms with E-state index in [2.05, 4.69) is 20.2 Å². The Morgan fingerprint density at radius 2 is 1.74 bits per heavy atom. The number of aromatic nitrogens is 1. The lowest BCUT2D eigenvalue weighted by molar-refractivity contribution is -0.276. The molecule has 200 valence electrons. The average Bonchev–Trinajstić information content (AvgIpc) is 3.29. The Hall–Kier alpha value is -3.51. The number of amides is 1. The Bertz CT molecular complexity index is 1360. The number of alkyl halides is 6. The van der Waals surface area contributed by atoms with Crippen molar-refractivity contribution in [1.29, 1.82) is 0 Å². The van der Waals surface area contributed by atoms with Crippen LogP contribution in [0.2, 0.25) is 10.0 Å². The van der Waals surface area contributed by atoms with Gasteiger partial charge in [-0.1, -0.05) is 40.5 Å². The van der Waals surface area contributed by atoms with Gasteiger partial charge < -0.3 is 14.9 Å². The lowest BCUT2D eigenvalue weighted by Gasteiger charge is -2.29. The molecule has 0 saturated carbocycles. The molecule has 4 rings (SSSR count). The summed E-state index contributed by atoms with van der Waals surface area (Å²) in [5, 5.41) is 5.76. The second-order valence-electron chi connectivity index (χ2n) is 8.05. The molecule has 2 aromatic carbocycles. The van der Waals surface area contributed by atoms with Gasteiger partial charge in [0.15, 0.2) is 0 Å². The lowest BCUT2D eigenvalue weighted by atomic mass is 9.86. The molecule has 1 N–H and O–H groups in total. The third-order valence-electron chi connectivity index (χ3n) is 5.46. The van der Waals surface area contributed by atoms with Gasteiger partial charge >= 0.3 is 12.5 Å². The van der Waals surface area contributed by atoms with E-state index in [0.29, 0.717) is 5.69 Å². The number of nitrogens with one attached hydrogen (secondary N) is 1. The Kier molecular flexibility index (Phi) is 7.48. The van der Waals surface area contributed by atoms with Gasteiger partial charge in [0.1, 0.15) is 5.75 Å². The fourth-order valence-corrected chi connectivity index (χ4v) is 4.24. The highest BCUT2D eigenvalue weighted by atomic mass is 35.5. The topological polar surface area (TPSA) is 72.8 Å². The number of hydrogen-bond acceptors (Lipinski definition) is 5. The molecule has 2 heterocycles. The maximum atomic E-state index is 14.2. The van der Waals surface area contributed by atoms with Gasteiger partial charge in [-0.05, 0) is 42.5 Å². The number of halogens is 8. The monoisotopic (exact) mass is 577 g/mol. The first kappa shape index (κ1) is 27.5. The molecule has 3 aromatic rings. The molecule has 1 aromatic heterocycles. The normalized spacial score (nSPS) is 17.5. The summed E-state index contributed by atoms with van der Waals surface area (Å²) in [6, 6.07) is 11.0. The Labute approximate surface area is 221 Å². The van der Waals surface area contributed by atoms with Gasteiger partial charge in [-0.3, -0.25) is 9.78 Å². The number of pyridine rings is 1. The van der Waals surface area contributed by atoms with Gasteiger partial charge in [0.05, 0.1) is 23.5 Å². The Morgan fingerprint density at radius 3 is 2.34 bits per heavy atom. The van der Waals surface area contributed by atoms with Crippen LogP contribution >= 0.6 is 23.2 Å². The van der Waals surface area contributed by atoms with Crippen LogP contribution in [0.3, 0.4) is 0 Å². The summed E-state index contributed by atoms with van der Waals surface area (Å²) in [5.41, 5.74) is -4.04. The minimum absolute atomic E-state index is 0.0879. The molecule has 1 unspecified atom stereocenters. The summed E-state index contributed by atoms with van der Waals surface area (Å²) in [6.45, 7) is -0.0935. The largest absolute Gasteiger partial charge is 0.573 e. The van der Waals surface area contributed by atoms with E-state index in [1.54, 1.807) is 18.2 Å². The molecule has 1 amide bonds. The average molecular weight is 578 g/mol. The van der Waals surface area contributed by atoms with Gasteiger partial charge in [-0.2, -0.15) is 13.2 Å². The van der Waals surface area contributed by atoms with Crippen LogP contribution in [-0.2, 0) is 17.0 Å². The first-order valence-corrected chi connectivity index (χ1v) is 11.4. The standard InChI is InChI=1S/C24H15Cl2F6N3O3/c25-15-8-14(9-16(26)10-15)22(23(27,28)29)11-19(35-38-22)13-4-5-18(20(7-13)37-24(30,31)32)21(36)34-12-17-3-1-2-6-33-17/h1-10H,11-12H2,(H,34,36). The van der Waals surface area contributed by atoms with Crippen molar-refractivity contribution in [2.75, 3.05) is 0 Å². The van der Waals surface area contributed by atoms with E-state index in [-0.39, 0.29) is 27.9 Å². The number of carbonyl (C=O) groups excluding carboxylic acids is 1. The first-order valence-electron chi connectivity index (χ1n) is 10.6. The van der Waals surface area contributed by atoms with Crippen molar-refractivity contribution in [3.63, 3.8) is 0 Å². The van der Waals surface area contributed by atoms with Crippen LogP contribution < -0.4 is 10.1 Å². The predicted octanol–water partition coefficient (Wildman–Crippen LogP) is 6.80. The zero-order valence-electron chi connectivity index (χ0n) is 18.8. The van der Waals surface area contributed by atoms with Crippen molar-refractivity contribution in [3.05, 3.63) is 93.2 Å². The van der Waals surface area contributed by atoms with Crippen LogP contribution in [0.25, 0.3) is 0 Å². The summed E-state index contributed by atoms with van der Waals surface area (Å²) >= 11 is 11.8. The SMILES string of the molecule is O=C(NCc1ccccn1)c1ccc(C2=NOC(c3cc(Cl)cc(Cl)c3)(C(F)(F)F)C2)cc1OC(F)(F)F. The molecule has 0 spiro atoms. The quantitative estimate of drug-likeness (QED) is 0.327. The van der Waals surface area contributed by atoms with E-state index < -0.39 is 47.3 Å². The predicted molar refractivity (Wildman–Crippen MR) is 125 cm³/mol. The number of rotatable bonds is 6. The van der Waals surface area contributed by atoms with Crippen LogP contribution in [0.4, 0.5) is 26.3 Å². The van der Waals surface area contributed by atoms with E-state index in [9.17, 15) is 31.1 Å². The molecule has 0 fully saturated rings. The Morgan fingerprint density at radius 1 is 1.03 bits per heavy atom. The number of oxime groups is 1. The molecule has 1 aliphatic heterocycles. The molecule has 1 atom stereocenters. The zero-order valence-corrected chi connectivity index (χ0v) is 20.3. The van der Waals surface area contributed by atoms with Gasteiger partial charge in [0, 0.05) is 33.8 Å². The highest BCUT2D eigenvalue weighted by Crippen LogP contribution is 2.50. The maximum Gasteiger partial charge on any atom is 0.573 e. The van der Waals surface area contributed by atoms with E-state index >= 15 is 0 Å². The fourth-order valence-electron chi connectivity index (χ4n) is 3.71. The van der Waals surface area contributed by atoms with Crippen molar-refractivity contribution in [2.24, 2.45) is 5.16 Å². The van der Waals surface area contributed by atoms with Crippen LogP contribution in [0.1, 0.15) is 33.6 Å². The summed E-state index contributed by atoms with van der Waals surface area (Å²) in [7, 11) is 0. The second kappa shape index (κ2) is 10.3. The summed E-state index contributed by atoms with van der Waals surface area (Å²) in [5.74, 6) is -1.86. The third kappa shape index (κ3) is 5.97. The van der Waals surface area contributed by atoms with Crippen molar-refractivity contribution in [2.45, 2.75) is 31.1 Å². The Balaban J connectivity index is 1.65. The van der Waals surface area contributed by atoms with E-state index in [1.807, 2.05) is 0 Å². The van der Waals surface area contributed by atoms with Crippen LogP contribution in [0.5, 0.6) is 5.75 Å². The van der Waals surface area contributed by atoms with Crippen LogP contribution in [0.15, 0.2) is 65.9 Å². The van der Waals surface area contributed by atoms with Crippen LogP contribution in [0, 0.1) is 0 Å². The molecule has 0 bridgehead atoms. The number of hydrogen-bond donors (Lipinski definition) is 1. The van der Waals surface area contributed by atoms with Crippen LogP contribution in [-0.4, -0.2) is 29.1 Å². The lowest BCUT2D eigenvalue weighted by Crippen LogP contribution is -2.42. The van der Waals surface area contributed by atoms with Gasteiger partial charge in [-0.15, -0.1) is 13.2 Å². The second-order valence-corrected chi connectivity index (χ2v) is 8.92. The molecular weight excluding hydrogens is 563 g/mol. The van der Waals surface area contributed by atoms with E-state index in [1.165, 1.54) is 12.3 Å². The number of benzene rings is 2.